The lowest BCUT2D eigenvalue weighted by Crippen LogP contribution is -2.47. The highest BCUT2D eigenvalue weighted by molar-refractivity contribution is 5.96. The lowest BCUT2D eigenvalue weighted by molar-refractivity contribution is -0.132. The van der Waals surface area contributed by atoms with Gasteiger partial charge in [-0.05, 0) is 57.9 Å². The third-order valence-electron chi connectivity index (χ3n) is 7.16. The maximum atomic E-state index is 13.3. The monoisotopic (exact) mass is 499 g/mol. The molecule has 1 aliphatic heterocycles. The summed E-state index contributed by atoms with van der Waals surface area (Å²) in [5.41, 5.74) is 4.82. The summed E-state index contributed by atoms with van der Waals surface area (Å²) in [6, 6.07) is 19.8. The second kappa shape index (κ2) is 12.0. The highest BCUT2D eigenvalue weighted by Crippen LogP contribution is 2.20. The van der Waals surface area contributed by atoms with Crippen LogP contribution >= 0.6 is 0 Å². The quantitative estimate of drug-likeness (QED) is 0.470. The third kappa shape index (κ3) is 6.53. The van der Waals surface area contributed by atoms with Gasteiger partial charge in [0.2, 0.25) is 5.91 Å². The first-order valence-corrected chi connectivity index (χ1v) is 13.2. The van der Waals surface area contributed by atoms with Gasteiger partial charge < -0.3 is 14.7 Å². The first-order chi connectivity index (χ1) is 17.9. The van der Waals surface area contributed by atoms with Crippen LogP contribution in [0.2, 0.25) is 0 Å². The van der Waals surface area contributed by atoms with Gasteiger partial charge in [-0.25, -0.2) is 0 Å². The molecule has 7 nitrogen and oxygen atoms in total. The van der Waals surface area contributed by atoms with E-state index in [1.807, 2.05) is 62.1 Å². The smallest absolute Gasteiger partial charge is 0.254 e. The number of carbonyl (C=O) groups excluding carboxylic acids is 2. The maximum Gasteiger partial charge on any atom is 0.254 e. The molecular weight excluding hydrogens is 462 g/mol. The van der Waals surface area contributed by atoms with Gasteiger partial charge in [-0.1, -0.05) is 54.4 Å². The molecular formula is C30H37N5O2. The van der Waals surface area contributed by atoms with Crippen LogP contribution in [-0.2, 0) is 4.79 Å². The molecule has 1 atom stereocenters. The van der Waals surface area contributed by atoms with Crippen LogP contribution in [0.1, 0.15) is 48.2 Å². The molecule has 37 heavy (non-hydrogen) atoms. The molecule has 2 amide bonds. The first-order valence-electron chi connectivity index (χ1n) is 13.2. The molecule has 0 bridgehead atoms. The highest BCUT2D eigenvalue weighted by Gasteiger charge is 2.27. The number of amides is 2. The second-order valence-corrected chi connectivity index (χ2v) is 9.92. The Morgan fingerprint density at radius 2 is 1.54 bits per heavy atom. The van der Waals surface area contributed by atoms with Crippen molar-refractivity contribution >= 4 is 17.6 Å². The Balaban J connectivity index is 1.39. The number of benzene rings is 2. The fraction of sp³-hybridized carbons (Fsp3) is 0.400. The molecule has 0 N–H and O–H groups in total. The standard InChI is InChI=1S/C30H37N5O2/c1-5-24(4)35(30(37)26-13-9-23(3)10-14-26)21-29(36)34-18-6-17-33(19-20-34)28-16-15-27(31-32-28)25-11-7-22(2)8-12-25/h7-16,24H,5-6,17-21H2,1-4H3/t24-/m0/s1. The Bertz CT molecular complexity index is 1190. The van der Waals surface area contributed by atoms with Gasteiger partial charge in [0, 0.05) is 43.3 Å². The van der Waals surface area contributed by atoms with E-state index in [1.165, 1.54) is 5.56 Å². The average molecular weight is 500 g/mol. The van der Waals surface area contributed by atoms with Gasteiger partial charge in [-0.3, -0.25) is 9.59 Å². The summed E-state index contributed by atoms with van der Waals surface area (Å²) in [6.45, 7) is 10.9. The summed E-state index contributed by atoms with van der Waals surface area (Å²) in [7, 11) is 0. The summed E-state index contributed by atoms with van der Waals surface area (Å²) in [5.74, 6) is 0.715. The Morgan fingerprint density at radius 1 is 0.865 bits per heavy atom. The van der Waals surface area contributed by atoms with E-state index >= 15 is 0 Å². The van der Waals surface area contributed by atoms with Crippen molar-refractivity contribution < 1.29 is 9.59 Å². The SMILES string of the molecule is CC[C@H](C)N(CC(=O)N1CCCN(c2ccc(-c3ccc(C)cc3)nn2)CC1)C(=O)c1ccc(C)cc1. The van der Waals surface area contributed by atoms with Crippen LogP contribution in [0.5, 0.6) is 0 Å². The molecule has 0 saturated carbocycles. The fourth-order valence-electron chi connectivity index (χ4n) is 4.52. The Kier molecular flexibility index (Phi) is 8.54. The molecule has 1 fully saturated rings. The zero-order valence-corrected chi connectivity index (χ0v) is 22.4. The number of rotatable bonds is 7. The van der Waals surface area contributed by atoms with E-state index in [-0.39, 0.29) is 24.4 Å². The van der Waals surface area contributed by atoms with E-state index in [9.17, 15) is 9.59 Å². The van der Waals surface area contributed by atoms with E-state index in [0.717, 1.165) is 42.0 Å². The van der Waals surface area contributed by atoms with E-state index in [0.29, 0.717) is 25.2 Å². The minimum atomic E-state index is -0.0944. The number of anilines is 1. The van der Waals surface area contributed by atoms with Gasteiger partial charge in [-0.2, -0.15) is 0 Å². The molecule has 3 aromatic rings. The molecule has 4 rings (SSSR count). The maximum absolute atomic E-state index is 13.3. The molecule has 2 aromatic carbocycles. The van der Waals surface area contributed by atoms with Crippen molar-refractivity contribution in [2.45, 2.75) is 46.6 Å². The molecule has 1 saturated heterocycles. The number of aryl methyl sites for hydroxylation is 2. The number of carbonyl (C=O) groups is 2. The topological polar surface area (TPSA) is 69.6 Å². The number of nitrogens with zero attached hydrogens (tertiary/aromatic N) is 5. The van der Waals surface area contributed by atoms with Gasteiger partial charge in [0.05, 0.1) is 5.69 Å². The van der Waals surface area contributed by atoms with Crippen LogP contribution in [0, 0.1) is 13.8 Å². The summed E-state index contributed by atoms with van der Waals surface area (Å²) in [5, 5.41) is 8.92. The van der Waals surface area contributed by atoms with Crippen molar-refractivity contribution in [2.24, 2.45) is 0 Å². The largest absolute Gasteiger partial charge is 0.353 e. The van der Waals surface area contributed by atoms with Crippen LogP contribution in [0.4, 0.5) is 5.82 Å². The summed E-state index contributed by atoms with van der Waals surface area (Å²) in [4.78, 5) is 32.4. The lowest BCUT2D eigenvalue weighted by Gasteiger charge is -2.31. The molecule has 0 unspecified atom stereocenters. The molecule has 0 radical (unpaired) electrons. The Hall–Kier alpha value is -3.74. The number of hydrogen-bond acceptors (Lipinski definition) is 5. The van der Waals surface area contributed by atoms with Crippen molar-refractivity contribution in [1.82, 2.24) is 20.0 Å². The second-order valence-electron chi connectivity index (χ2n) is 9.92. The highest BCUT2D eigenvalue weighted by atomic mass is 16.2. The van der Waals surface area contributed by atoms with Crippen molar-refractivity contribution in [2.75, 3.05) is 37.6 Å². The minimum absolute atomic E-state index is 0.0107. The number of hydrogen-bond donors (Lipinski definition) is 0. The van der Waals surface area contributed by atoms with Crippen LogP contribution in [-0.4, -0.2) is 70.6 Å². The molecule has 2 heterocycles. The van der Waals surface area contributed by atoms with Gasteiger partial charge in [0.15, 0.2) is 5.82 Å². The predicted molar refractivity (Wildman–Crippen MR) is 148 cm³/mol. The van der Waals surface area contributed by atoms with Crippen LogP contribution in [0.25, 0.3) is 11.3 Å². The van der Waals surface area contributed by atoms with E-state index in [4.69, 9.17) is 0 Å². The first kappa shape index (κ1) is 26.3. The van der Waals surface area contributed by atoms with Gasteiger partial charge in [0.1, 0.15) is 6.54 Å². The number of aromatic nitrogens is 2. The molecule has 194 valence electrons. The van der Waals surface area contributed by atoms with Crippen molar-refractivity contribution in [3.05, 3.63) is 77.4 Å². The Morgan fingerprint density at radius 3 is 2.16 bits per heavy atom. The van der Waals surface area contributed by atoms with Crippen LogP contribution in [0.3, 0.4) is 0 Å². The Labute approximate surface area is 220 Å². The summed E-state index contributed by atoms with van der Waals surface area (Å²) >= 11 is 0. The molecule has 7 heteroatoms. The van der Waals surface area contributed by atoms with Crippen molar-refractivity contribution in [3.63, 3.8) is 0 Å². The normalized spacial score (nSPS) is 14.7. The zero-order chi connectivity index (χ0) is 26.4. The van der Waals surface area contributed by atoms with Crippen LogP contribution < -0.4 is 4.90 Å². The molecule has 1 aromatic heterocycles. The van der Waals surface area contributed by atoms with Gasteiger partial charge in [0.25, 0.3) is 5.91 Å². The zero-order valence-electron chi connectivity index (χ0n) is 22.4. The minimum Gasteiger partial charge on any atom is -0.353 e. The third-order valence-corrected chi connectivity index (χ3v) is 7.16. The molecule has 0 aliphatic carbocycles. The molecule has 1 aliphatic rings. The van der Waals surface area contributed by atoms with E-state index < -0.39 is 0 Å². The van der Waals surface area contributed by atoms with E-state index in [1.54, 1.807) is 4.90 Å². The van der Waals surface area contributed by atoms with Gasteiger partial charge >= 0.3 is 0 Å². The summed E-state index contributed by atoms with van der Waals surface area (Å²) < 4.78 is 0. The fourth-order valence-corrected chi connectivity index (χ4v) is 4.52. The van der Waals surface area contributed by atoms with Crippen molar-refractivity contribution in [3.8, 4) is 11.3 Å². The van der Waals surface area contributed by atoms with Gasteiger partial charge in [-0.15, -0.1) is 10.2 Å². The van der Waals surface area contributed by atoms with E-state index in [2.05, 4.69) is 46.3 Å². The van der Waals surface area contributed by atoms with Crippen LogP contribution in [0.15, 0.2) is 60.7 Å². The molecule has 0 spiro atoms. The predicted octanol–water partition coefficient (Wildman–Crippen LogP) is 4.74. The average Bonchev–Trinajstić information content (AvgIpc) is 3.18. The summed E-state index contributed by atoms with van der Waals surface area (Å²) in [6.07, 6.45) is 1.62. The van der Waals surface area contributed by atoms with Crippen molar-refractivity contribution in [1.29, 1.82) is 0 Å². The lowest BCUT2D eigenvalue weighted by atomic mass is 10.1.